The zero-order valence-corrected chi connectivity index (χ0v) is 13.9. The second-order valence-corrected chi connectivity index (χ2v) is 5.69. The molecule has 1 atom stereocenters. The molecule has 136 valence electrons. The molecule has 1 unspecified atom stereocenters. The smallest absolute Gasteiger partial charge is 0.408 e. The molecule has 26 heavy (non-hydrogen) atoms. The van der Waals surface area contributed by atoms with Gasteiger partial charge in [-0.3, -0.25) is 4.79 Å². The molecule has 0 radical (unpaired) electrons. The van der Waals surface area contributed by atoms with Gasteiger partial charge in [0.1, 0.15) is 12.6 Å². The van der Waals surface area contributed by atoms with Crippen LogP contribution in [0.15, 0.2) is 54.6 Å². The number of carbonyl (C=O) groups is 3. The van der Waals surface area contributed by atoms with Crippen LogP contribution >= 0.6 is 0 Å². The van der Waals surface area contributed by atoms with Crippen LogP contribution in [-0.4, -0.2) is 34.3 Å². The average Bonchev–Trinajstić information content (AvgIpc) is 2.61. The average molecular weight is 357 g/mol. The number of amides is 1. The highest BCUT2D eigenvalue weighted by molar-refractivity contribution is 5.80. The van der Waals surface area contributed by atoms with Crippen molar-refractivity contribution in [3.05, 3.63) is 71.3 Å². The fourth-order valence-electron chi connectivity index (χ4n) is 2.31. The first-order chi connectivity index (χ1) is 12.4. The Balaban J connectivity index is 1.90. The summed E-state index contributed by atoms with van der Waals surface area (Å²) in [4.78, 5) is 33.9. The largest absolute Gasteiger partial charge is 0.481 e. The summed E-state index contributed by atoms with van der Waals surface area (Å²) in [7, 11) is 0. The summed E-state index contributed by atoms with van der Waals surface area (Å²) in [5, 5.41) is 20.4. The van der Waals surface area contributed by atoms with Gasteiger partial charge >= 0.3 is 18.0 Å². The summed E-state index contributed by atoms with van der Waals surface area (Å²) in [6.45, 7) is 0.0445. The molecule has 0 fully saturated rings. The van der Waals surface area contributed by atoms with Crippen LogP contribution in [0.3, 0.4) is 0 Å². The Morgan fingerprint density at radius 2 is 1.50 bits per heavy atom. The predicted molar refractivity (Wildman–Crippen MR) is 92.7 cm³/mol. The SMILES string of the molecule is O=C(O)Cc1ccc(CC(NC(=O)OCc2ccccc2)C(=O)O)cc1. The van der Waals surface area contributed by atoms with E-state index in [9.17, 15) is 19.5 Å². The maximum Gasteiger partial charge on any atom is 0.408 e. The lowest BCUT2D eigenvalue weighted by molar-refractivity contribution is -0.139. The van der Waals surface area contributed by atoms with Gasteiger partial charge in [-0.2, -0.15) is 0 Å². The highest BCUT2D eigenvalue weighted by Crippen LogP contribution is 2.09. The highest BCUT2D eigenvalue weighted by Gasteiger charge is 2.21. The first kappa shape index (κ1) is 19.0. The molecule has 7 nitrogen and oxygen atoms in total. The number of hydrogen-bond donors (Lipinski definition) is 3. The van der Waals surface area contributed by atoms with Gasteiger partial charge in [-0.05, 0) is 16.7 Å². The van der Waals surface area contributed by atoms with E-state index in [2.05, 4.69) is 5.32 Å². The Kier molecular flexibility index (Phi) is 6.73. The van der Waals surface area contributed by atoms with Crippen LogP contribution < -0.4 is 5.32 Å². The first-order valence-corrected chi connectivity index (χ1v) is 7.93. The zero-order valence-electron chi connectivity index (χ0n) is 13.9. The van der Waals surface area contributed by atoms with Gasteiger partial charge in [-0.25, -0.2) is 9.59 Å². The molecule has 0 aromatic heterocycles. The molecule has 0 bridgehead atoms. The molecule has 7 heteroatoms. The summed E-state index contributed by atoms with van der Waals surface area (Å²) in [5.74, 6) is -2.12. The molecule has 0 heterocycles. The molecule has 0 aliphatic rings. The van der Waals surface area contributed by atoms with Crippen LogP contribution in [0.25, 0.3) is 0 Å². The number of benzene rings is 2. The molecule has 2 aromatic carbocycles. The van der Waals surface area contributed by atoms with Gasteiger partial charge in [-0.1, -0.05) is 54.6 Å². The van der Waals surface area contributed by atoms with E-state index < -0.39 is 24.1 Å². The Hall–Kier alpha value is -3.35. The normalized spacial score (nSPS) is 11.4. The van der Waals surface area contributed by atoms with E-state index in [1.165, 1.54) is 0 Å². The zero-order chi connectivity index (χ0) is 18.9. The first-order valence-electron chi connectivity index (χ1n) is 7.93. The molecular weight excluding hydrogens is 338 g/mol. The van der Waals surface area contributed by atoms with Gasteiger partial charge in [-0.15, -0.1) is 0 Å². The van der Waals surface area contributed by atoms with Crippen LogP contribution in [0, 0.1) is 0 Å². The van der Waals surface area contributed by atoms with E-state index in [1.807, 2.05) is 18.2 Å². The Morgan fingerprint density at radius 1 is 0.885 bits per heavy atom. The number of nitrogens with one attached hydrogen (secondary N) is 1. The van der Waals surface area contributed by atoms with Gasteiger partial charge in [0.25, 0.3) is 0 Å². The number of carboxylic acids is 2. The van der Waals surface area contributed by atoms with Crippen LogP contribution in [-0.2, 0) is 33.8 Å². The number of ether oxygens (including phenoxy) is 1. The van der Waals surface area contributed by atoms with Crippen molar-refractivity contribution in [1.82, 2.24) is 5.32 Å². The van der Waals surface area contributed by atoms with Gasteiger partial charge < -0.3 is 20.3 Å². The molecule has 0 aliphatic carbocycles. The third-order valence-corrected chi connectivity index (χ3v) is 3.62. The van der Waals surface area contributed by atoms with Crippen molar-refractivity contribution >= 4 is 18.0 Å². The number of hydrogen-bond acceptors (Lipinski definition) is 4. The second kappa shape index (κ2) is 9.22. The lowest BCUT2D eigenvalue weighted by atomic mass is 10.0. The quantitative estimate of drug-likeness (QED) is 0.668. The van der Waals surface area contributed by atoms with E-state index in [1.54, 1.807) is 36.4 Å². The Morgan fingerprint density at radius 3 is 2.08 bits per heavy atom. The van der Waals surface area contributed by atoms with Crippen molar-refractivity contribution in [3.8, 4) is 0 Å². The van der Waals surface area contributed by atoms with Crippen molar-refractivity contribution in [1.29, 1.82) is 0 Å². The molecule has 2 rings (SSSR count). The number of rotatable bonds is 8. The van der Waals surface area contributed by atoms with Crippen molar-refractivity contribution in [2.75, 3.05) is 0 Å². The summed E-state index contributed by atoms with van der Waals surface area (Å²) in [6, 6.07) is 14.4. The summed E-state index contributed by atoms with van der Waals surface area (Å²) in [6.07, 6.45) is -0.862. The molecule has 0 saturated carbocycles. The molecular formula is C19H19NO6. The molecule has 0 spiro atoms. The third kappa shape index (κ3) is 6.27. The Labute approximate surface area is 150 Å². The molecule has 2 aromatic rings. The molecule has 3 N–H and O–H groups in total. The van der Waals surface area contributed by atoms with Crippen molar-refractivity contribution < 1.29 is 29.3 Å². The lowest BCUT2D eigenvalue weighted by Gasteiger charge is -2.15. The lowest BCUT2D eigenvalue weighted by Crippen LogP contribution is -2.42. The summed E-state index contributed by atoms with van der Waals surface area (Å²) < 4.78 is 5.03. The van der Waals surface area contributed by atoms with Gasteiger partial charge in [0, 0.05) is 6.42 Å². The summed E-state index contributed by atoms with van der Waals surface area (Å²) >= 11 is 0. The van der Waals surface area contributed by atoms with Crippen molar-refractivity contribution in [2.24, 2.45) is 0 Å². The molecule has 0 saturated heterocycles. The van der Waals surface area contributed by atoms with E-state index in [0.717, 1.165) is 5.56 Å². The molecule has 1 amide bonds. The van der Waals surface area contributed by atoms with E-state index >= 15 is 0 Å². The maximum atomic E-state index is 11.8. The number of carboxylic acid groups (broad SMARTS) is 2. The fourth-order valence-corrected chi connectivity index (χ4v) is 2.31. The fraction of sp³-hybridized carbons (Fsp3) is 0.211. The standard InChI is InChI=1S/C19H19NO6/c21-17(22)11-14-8-6-13(7-9-14)10-16(18(23)24)20-19(25)26-12-15-4-2-1-3-5-15/h1-9,16H,10-12H2,(H,20,25)(H,21,22)(H,23,24). The minimum Gasteiger partial charge on any atom is -0.481 e. The van der Waals surface area contributed by atoms with Gasteiger partial charge in [0.15, 0.2) is 0 Å². The summed E-state index contributed by atoms with van der Waals surface area (Å²) in [5.41, 5.74) is 2.07. The number of aliphatic carboxylic acids is 2. The monoisotopic (exact) mass is 357 g/mol. The number of carbonyl (C=O) groups excluding carboxylic acids is 1. The van der Waals surface area contributed by atoms with Gasteiger partial charge in [0.05, 0.1) is 6.42 Å². The Bertz CT molecular complexity index is 757. The van der Waals surface area contributed by atoms with E-state index in [-0.39, 0.29) is 19.4 Å². The van der Waals surface area contributed by atoms with Crippen LogP contribution in [0.2, 0.25) is 0 Å². The highest BCUT2D eigenvalue weighted by atomic mass is 16.5. The second-order valence-electron chi connectivity index (χ2n) is 5.69. The topological polar surface area (TPSA) is 113 Å². The van der Waals surface area contributed by atoms with Crippen LogP contribution in [0.4, 0.5) is 4.79 Å². The van der Waals surface area contributed by atoms with Crippen molar-refractivity contribution in [2.45, 2.75) is 25.5 Å². The maximum absolute atomic E-state index is 11.8. The van der Waals surface area contributed by atoms with Crippen LogP contribution in [0.5, 0.6) is 0 Å². The van der Waals surface area contributed by atoms with Crippen molar-refractivity contribution in [3.63, 3.8) is 0 Å². The predicted octanol–water partition coefficient (Wildman–Crippen LogP) is 2.24. The number of alkyl carbamates (subject to hydrolysis) is 1. The van der Waals surface area contributed by atoms with Crippen LogP contribution in [0.1, 0.15) is 16.7 Å². The van der Waals surface area contributed by atoms with Gasteiger partial charge in [0.2, 0.25) is 0 Å². The van der Waals surface area contributed by atoms with E-state index in [4.69, 9.17) is 9.84 Å². The third-order valence-electron chi connectivity index (χ3n) is 3.62. The molecule has 0 aliphatic heterocycles. The van der Waals surface area contributed by atoms with E-state index in [0.29, 0.717) is 11.1 Å². The minimum atomic E-state index is -1.18. The minimum absolute atomic E-state index is 0.0445.